The van der Waals surface area contributed by atoms with Crippen molar-refractivity contribution in [3.63, 3.8) is 0 Å². The van der Waals surface area contributed by atoms with Crippen LogP contribution in [0.3, 0.4) is 0 Å². The fourth-order valence-corrected chi connectivity index (χ4v) is 1.86. The molecule has 0 bridgehead atoms. The molecule has 0 spiro atoms. The lowest BCUT2D eigenvalue weighted by molar-refractivity contribution is 0.262. The molecular weight excluding hydrogens is 278 g/mol. The monoisotopic (exact) mass is 291 g/mol. The predicted octanol–water partition coefficient (Wildman–Crippen LogP) is 3.57. The van der Waals surface area contributed by atoms with Gasteiger partial charge in [-0.05, 0) is 36.4 Å². The number of anilines is 3. The molecule has 0 heterocycles. The fraction of sp³-hybridized carbons (Fsp3) is 0.0714. The number of benzene rings is 2. The normalized spacial score (nSPS) is 9.90. The number of halogens is 1. The van der Waals surface area contributed by atoms with E-state index in [0.29, 0.717) is 27.8 Å². The van der Waals surface area contributed by atoms with E-state index in [1.165, 1.54) is 7.11 Å². The summed E-state index contributed by atoms with van der Waals surface area (Å²) < 4.78 is 5.05. The second kappa shape index (κ2) is 6.16. The second-order valence-electron chi connectivity index (χ2n) is 4.05. The molecule has 0 radical (unpaired) electrons. The van der Waals surface area contributed by atoms with Crippen LogP contribution in [-0.4, -0.2) is 13.1 Å². The minimum Gasteiger partial charge on any atom is -0.495 e. The first-order valence-electron chi connectivity index (χ1n) is 5.85. The van der Waals surface area contributed by atoms with Gasteiger partial charge in [-0.15, -0.1) is 0 Å². The summed E-state index contributed by atoms with van der Waals surface area (Å²) in [5.41, 5.74) is 7.40. The Morgan fingerprint density at radius 1 is 1.15 bits per heavy atom. The van der Waals surface area contributed by atoms with Crippen molar-refractivity contribution in [3.05, 3.63) is 47.5 Å². The predicted molar refractivity (Wildman–Crippen MR) is 81.5 cm³/mol. The van der Waals surface area contributed by atoms with Gasteiger partial charge in [-0.1, -0.05) is 17.7 Å². The second-order valence-corrected chi connectivity index (χ2v) is 4.48. The molecule has 0 aromatic heterocycles. The molecule has 2 aromatic carbocycles. The fourth-order valence-electron chi connectivity index (χ4n) is 1.67. The number of hydrogen-bond donors (Lipinski definition) is 3. The molecule has 2 rings (SSSR count). The molecule has 0 aliphatic carbocycles. The number of nitrogens with one attached hydrogen (secondary N) is 2. The topological polar surface area (TPSA) is 76.4 Å². The van der Waals surface area contributed by atoms with Gasteiger partial charge in [-0.25, -0.2) is 4.79 Å². The third-order valence-corrected chi connectivity index (χ3v) is 2.81. The van der Waals surface area contributed by atoms with Crippen LogP contribution in [0.5, 0.6) is 5.75 Å². The van der Waals surface area contributed by atoms with Crippen LogP contribution in [0.1, 0.15) is 0 Å². The van der Waals surface area contributed by atoms with Gasteiger partial charge in [0.15, 0.2) is 0 Å². The van der Waals surface area contributed by atoms with Crippen LogP contribution in [0.4, 0.5) is 21.9 Å². The van der Waals surface area contributed by atoms with Crippen LogP contribution >= 0.6 is 11.6 Å². The van der Waals surface area contributed by atoms with Gasteiger partial charge in [0.2, 0.25) is 0 Å². The molecular formula is C14H14ClN3O2. The van der Waals surface area contributed by atoms with Gasteiger partial charge in [-0.3, -0.25) is 0 Å². The number of rotatable bonds is 3. The summed E-state index contributed by atoms with van der Waals surface area (Å²) in [4.78, 5) is 11.8. The average molecular weight is 292 g/mol. The number of hydrogen-bond acceptors (Lipinski definition) is 3. The standard InChI is InChI=1S/C14H14ClN3O2/c1-20-13-6-5-11(8-12(13)16)18-14(19)17-10-4-2-3-9(15)7-10/h2-8H,16H2,1H3,(H2,17,18,19). The summed E-state index contributed by atoms with van der Waals surface area (Å²) in [7, 11) is 1.53. The molecule has 6 heteroatoms. The highest BCUT2D eigenvalue weighted by atomic mass is 35.5. The number of nitrogen functional groups attached to an aromatic ring is 1. The molecule has 0 fully saturated rings. The number of nitrogens with two attached hydrogens (primary N) is 1. The van der Waals surface area contributed by atoms with Gasteiger partial charge in [0.25, 0.3) is 0 Å². The van der Waals surface area contributed by atoms with Crippen LogP contribution in [0.25, 0.3) is 0 Å². The van der Waals surface area contributed by atoms with E-state index >= 15 is 0 Å². The Bertz CT molecular complexity index is 632. The van der Waals surface area contributed by atoms with E-state index in [1.54, 1.807) is 42.5 Å². The lowest BCUT2D eigenvalue weighted by atomic mass is 10.2. The van der Waals surface area contributed by atoms with Crippen molar-refractivity contribution in [2.75, 3.05) is 23.5 Å². The van der Waals surface area contributed by atoms with Crippen molar-refractivity contribution in [2.24, 2.45) is 0 Å². The number of carbonyl (C=O) groups excluding carboxylic acids is 1. The minimum absolute atomic E-state index is 0.378. The van der Waals surface area contributed by atoms with Crippen molar-refractivity contribution < 1.29 is 9.53 Å². The Balaban J connectivity index is 2.03. The summed E-state index contributed by atoms with van der Waals surface area (Å²) in [6.07, 6.45) is 0. The zero-order valence-corrected chi connectivity index (χ0v) is 11.6. The first-order valence-corrected chi connectivity index (χ1v) is 6.23. The smallest absolute Gasteiger partial charge is 0.323 e. The molecule has 0 aliphatic heterocycles. The highest BCUT2D eigenvalue weighted by Crippen LogP contribution is 2.24. The Labute approximate surface area is 121 Å². The average Bonchev–Trinajstić information content (AvgIpc) is 2.38. The number of carbonyl (C=O) groups is 1. The van der Waals surface area contributed by atoms with Crippen molar-refractivity contribution >= 4 is 34.7 Å². The largest absolute Gasteiger partial charge is 0.495 e. The van der Waals surface area contributed by atoms with Crippen LogP contribution in [0.2, 0.25) is 5.02 Å². The van der Waals surface area contributed by atoms with Crippen molar-refractivity contribution in [3.8, 4) is 5.75 Å². The van der Waals surface area contributed by atoms with E-state index in [4.69, 9.17) is 22.1 Å². The van der Waals surface area contributed by atoms with E-state index in [1.807, 2.05) is 0 Å². The number of ether oxygens (including phenoxy) is 1. The molecule has 0 aliphatic rings. The van der Waals surface area contributed by atoms with Crippen molar-refractivity contribution in [1.82, 2.24) is 0 Å². The van der Waals surface area contributed by atoms with E-state index in [2.05, 4.69) is 10.6 Å². The maximum absolute atomic E-state index is 11.8. The van der Waals surface area contributed by atoms with Gasteiger partial charge in [0.1, 0.15) is 5.75 Å². The molecule has 5 nitrogen and oxygen atoms in total. The molecule has 20 heavy (non-hydrogen) atoms. The number of urea groups is 1. The van der Waals surface area contributed by atoms with Gasteiger partial charge in [0, 0.05) is 16.4 Å². The molecule has 0 unspecified atom stereocenters. The summed E-state index contributed by atoms with van der Waals surface area (Å²) in [5.74, 6) is 0.561. The van der Waals surface area contributed by atoms with Crippen LogP contribution in [-0.2, 0) is 0 Å². The minimum atomic E-state index is -0.378. The van der Waals surface area contributed by atoms with Gasteiger partial charge < -0.3 is 21.1 Å². The Hall–Kier alpha value is -2.40. The molecule has 0 saturated heterocycles. The third-order valence-electron chi connectivity index (χ3n) is 2.57. The highest BCUT2D eigenvalue weighted by molar-refractivity contribution is 6.30. The zero-order chi connectivity index (χ0) is 14.5. The van der Waals surface area contributed by atoms with Crippen molar-refractivity contribution in [2.45, 2.75) is 0 Å². The van der Waals surface area contributed by atoms with Crippen LogP contribution in [0.15, 0.2) is 42.5 Å². The quantitative estimate of drug-likeness (QED) is 0.757. The zero-order valence-electron chi connectivity index (χ0n) is 10.8. The van der Waals surface area contributed by atoms with E-state index < -0.39 is 0 Å². The van der Waals surface area contributed by atoms with E-state index in [-0.39, 0.29) is 6.03 Å². The van der Waals surface area contributed by atoms with Gasteiger partial charge in [-0.2, -0.15) is 0 Å². The molecule has 2 amide bonds. The number of methoxy groups -OCH3 is 1. The van der Waals surface area contributed by atoms with Crippen LogP contribution in [0, 0.1) is 0 Å². The molecule has 0 atom stereocenters. The number of amides is 2. The third kappa shape index (κ3) is 3.55. The first-order chi connectivity index (χ1) is 9.58. The van der Waals surface area contributed by atoms with E-state index in [9.17, 15) is 4.79 Å². The summed E-state index contributed by atoms with van der Waals surface area (Å²) in [6, 6.07) is 11.5. The van der Waals surface area contributed by atoms with E-state index in [0.717, 1.165) is 0 Å². The summed E-state index contributed by atoms with van der Waals surface area (Å²) in [5, 5.41) is 5.90. The molecule has 0 saturated carbocycles. The van der Waals surface area contributed by atoms with Gasteiger partial charge >= 0.3 is 6.03 Å². The lowest BCUT2D eigenvalue weighted by Crippen LogP contribution is -2.19. The molecule has 4 N–H and O–H groups in total. The van der Waals surface area contributed by atoms with Crippen LogP contribution < -0.4 is 21.1 Å². The maximum atomic E-state index is 11.8. The Morgan fingerprint density at radius 3 is 2.45 bits per heavy atom. The highest BCUT2D eigenvalue weighted by Gasteiger charge is 2.05. The van der Waals surface area contributed by atoms with Crippen molar-refractivity contribution in [1.29, 1.82) is 0 Å². The Morgan fingerprint density at radius 2 is 1.85 bits per heavy atom. The molecule has 2 aromatic rings. The molecule has 104 valence electrons. The summed E-state index contributed by atoms with van der Waals surface area (Å²) in [6.45, 7) is 0. The SMILES string of the molecule is COc1ccc(NC(=O)Nc2cccc(Cl)c2)cc1N. The lowest BCUT2D eigenvalue weighted by Gasteiger charge is -2.10. The van der Waals surface area contributed by atoms with Gasteiger partial charge in [0.05, 0.1) is 12.8 Å². The Kier molecular flexibility index (Phi) is 4.32. The first kappa shape index (κ1) is 14.0. The maximum Gasteiger partial charge on any atom is 0.323 e. The summed E-state index contributed by atoms with van der Waals surface area (Å²) >= 11 is 5.84.